The highest BCUT2D eigenvalue weighted by Gasteiger charge is 2.48. The van der Waals surface area contributed by atoms with Gasteiger partial charge in [0.15, 0.2) is 0 Å². The molecule has 0 aromatic heterocycles. The second-order valence-electron chi connectivity index (χ2n) is 6.86. The minimum Gasteiger partial charge on any atom is -0.303 e. The van der Waals surface area contributed by atoms with Crippen LogP contribution in [-0.2, 0) is 0 Å². The average Bonchev–Trinajstić information content (AvgIpc) is 2.41. The van der Waals surface area contributed by atoms with Crippen molar-refractivity contribution in [3.63, 3.8) is 0 Å². The van der Waals surface area contributed by atoms with E-state index in [1.165, 1.54) is 45.1 Å². The third kappa shape index (κ3) is 1.95. The Morgan fingerprint density at radius 1 is 1.20 bits per heavy atom. The van der Waals surface area contributed by atoms with Crippen LogP contribution in [0.4, 0.5) is 0 Å². The van der Waals surface area contributed by atoms with Crippen molar-refractivity contribution in [2.24, 2.45) is 10.8 Å². The summed E-state index contributed by atoms with van der Waals surface area (Å²) in [7, 11) is 2.31. The van der Waals surface area contributed by atoms with Gasteiger partial charge >= 0.3 is 0 Å². The summed E-state index contributed by atoms with van der Waals surface area (Å²) in [4.78, 5) is 2.59. The molecule has 1 unspecified atom stereocenters. The van der Waals surface area contributed by atoms with E-state index in [9.17, 15) is 0 Å². The van der Waals surface area contributed by atoms with E-state index in [-0.39, 0.29) is 0 Å². The lowest BCUT2D eigenvalue weighted by Gasteiger charge is -2.53. The van der Waals surface area contributed by atoms with E-state index >= 15 is 0 Å². The first-order chi connectivity index (χ1) is 6.95. The molecule has 1 saturated carbocycles. The molecule has 2 fully saturated rings. The fraction of sp³-hybridized carbons (Fsp3) is 1.00. The van der Waals surface area contributed by atoms with Gasteiger partial charge in [-0.15, -0.1) is 0 Å². The number of hydrogen-bond acceptors (Lipinski definition) is 1. The first kappa shape index (κ1) is 11.4. The summed E-state index contributed by atoms with van der Waals surface area (Å²) in [6.07, 6.45) is 8.72. The Hall–Kier alpha value is -0.0400. The van der Waals surface area contributed by atoms with Gasteiger partial charge in [-0.25, -0.2) is 0 Å². The third-order valence-corrected chi connectivity index (χ3v) is 5.20. The van der Waals surface area contributed by atoms with Gasteiger partial charge < -0.3 is 4.90 Å². The fourth-order valence-electron chi connectivity index (χ4n) is 3.55. The van der Waals surface area contributed by atoms with Crippen LogP contribution in [0.2, 0.25) is 0 Å². The van der Waals surface area contributed by atoms with Crippen molar-refractivity contribution >= 4 is 0 Å². The Kier molecular flexibility index (Phi) is 2.87. The van der Waals surface area contributed by atoms with Gasteiger partial charge in [0, 0.05) is 6.04 Å². The van der Waals surface area contributed by atoms with E-state index < -0.39 is 0 Å². The molecule has 1 heterocycles. The maximum Gasteiger partial charge on any atom is 0.00981 e. The largest absolute Gasteiger partial charge is 0.303 e. The van der Waals surface area contributed by atoms with E-state index in [0.29, 0.717) is 10.8 Å². The van der Waals surface area contributed by atoms with E-state index in [4.69, 9.17) is 0 Å². The molecule has 2 rings (SSSR count). The zero-order valence-electron chi connectivity index (χ0n) is 11.0. The summed E-state index contributed by atoms with van der Waals surface area (Å²) in [6, 6.07) is 0.879. The number of likely N-dealkylation sites (tertiary alicyclic amines) is 1. The molecule has 1 atom stereocenters. The van der Waals surface area contributed by atoms with Gasteiger partial charge in [-0.3, -0.25) is 0 Å². The maximum absolute atomic E-state index is 2.59. The second kappa shape index (κ2) is 3.76. The highest BCUT2D eigenvalue weighted by atomic mass is 15.1. The summed E-state index contributed by atoms with van der Waals surface area (Å²) in [5.41, 5.74) is 1.17. The van der Waals surface area contributed by atoms with Crippen LogP contribution < -0.4 is 0 Å². The summed E-state index contributed by atoms with van der Waals surface area (Å²) in [6.45, 7) is 8.66. The van der Waals surface area contributed by atoms with Crippen molar-refractivity contribution in [2.75, 3.05) is 13.6 Å². The molecule has 1 aliphatic carbocycles. The fourth-order valence-corrected chi connectivity index (χ4v) is 3.55. The Labute approximate surface area is 95.2 Å². The molecule has 0 spiro atoms. The van der Waals surface area contributed by atoms with Gasteiger partial charge in [0.1, 0.15) is 0 Å². The van der Waals surface area contributed by atoms with Crippen LogP contribution in [0, 0.1) is 10.8 Å². The van der Waals surface area contributed by atoms with Crippen LogP contribution in [0.15, 0.2) is 0 Å². The van der Waals surface area contributed by atoms with Crippen LogP contribution >= 0.6 is 0 Å². The molecule has 1 nitrogen and oxygen atoms in total. The molecule has 0 radical (unpaired) electrons. The van der Waals surface area contributed by atoms with Gasteiger partial charge in [0.25, 0.3) is 0 Å². The summed E-state index contributed by atoms with van der Waals surface area (Å²) in [5, 5.41) is 0. The lowest BCUT2D eigenvalue weighted by atomic mass is 9.52. The van der Waals surface area contributed by atoms with Gasteiger partial charge in [0.05, 0.1) is 0 Å². The first-order valence-electron chi connectivity index (χ1n) is 6.65. The van der Waals surface area contributed by atoms with Crippen molar-refractivity contribution < 1.29 is 0 Å². The SMILES string of the molecule is CN1CCCC1CC1(C(C)(C)C)CCC1. The zero-order chi connectivity index (χ0) is 11.1. The molecule has 0 N–H and O–H groups in total. The van der Waals surface area contributed by atoms with E-state index in [1.807, 2.05) is 0 Å². The molecular weight excluding hydrogens is 182 g/mol. The normalized spacial score (nSPS) is 31.6. The van der Waals surface area contributed by atoms with Crippen molar-refractivity contribution in [3.8, 4) is 0 Å². The molecular formula is C14H27N. The van der Waals surface area contributed by atoms with Crippen LogP contribution in [0.3, 0.4) is 0 Å². The second-order valence-corrected chi connectivity index (χ2v) is 6.86. The van der Waals surface area contributed by atoms with E-state index in [2.05, 4.69) is 32.7 Å². The molecule has 0 bridgehead atoms. The predicted octanol–water partition coefficient (Wildman–Crippen LogP) is 3.69. The highest BCUT2D eigenvalue weighted by molar-refractivity contribution is 4.99. The van der Waals surface area contributed by atoms with Crippen LogP contribution in [0.1, 0.15) is 59.3 Å². The minimum atomic E-state index is 0.509. The van der Waals surface area contributed by atoms with Crippen molar-refractivity contribution in [3.05, 3.63) is 0 Å². The van der Waals surface area contributed by atoms with E-state index in [1.54, 1.807) is 0 Å². The smallest absolute Gasteiger partial charge is 0.00981 e. The molecule has 1 heteroatoms. The van der Waals surface area contributed by atoms with Crippen LogP contribution in [0.25, 0.3) is 0 Å². The Morgan fingerprint density at radius 3 is 2.20 bits per heavy atom. The Balaban J connectivity index is 2.02. The third-order valence-electron chi connectivity index (χ3n) is 5.20. The molecule has 2 aliphatic rings. The zero-order valence-corrected chi connectivity index (χ0v) is 11.0. The lowest BCUT2D eigenvalue weighted by molar-refractivity contribution is -0.0294. The molecule has 1 aliphatic heterocycles. The maximum atomic E-state index is 2.59. The molecule has 0 aromatic carbocycles. The Bertz CT molecular complexity index is 222. The highest BCUT2D eigenvalue weighted by Crippen LogP contribution is 2.57. The number of rotatable bonds is 2. The summed E-state index contributed by atoms with van der Waals surface area (Å²) in [5.74, 6) is 0. The molecule has 15 heavy (non-hydrogen) atoms. The Morgan fingerprint density at radius 2 is 1.87 bits per heavy atom. The van der Waals surface area contributed by atoms with Crippen LogP contribution in [0.5, 0.6) is 0 Å². The van der Waals surface area contributed by atoms with Gasteiger partial charge in [-0.1, -0.05) is 27.2 Å². The number of hydrogen-bond donors (Lipinski definition) is 0. The van der Waals surface area contributed by atoms with Crippen molar-refractivity contribution in [1.82, 2.24) is 4.90 Å². The number of nitrogens with zero attached hydrogens (tertiary/aromatic N) is 1. The quantitative estimate of drug-likeness (QED) is 0.670. The van der Waals surface area contributed by atoms with Gasteiger partial charge in [0.2, 0.25) is 0 Å². The molecule has 1 saturated heterocycles. The predicted molar refractivity (Wildman–Crippen MR) is 66.0 cm³/mol. The lowest BCUT2D eigenvalue weighted by Crippen LogP contribution is -2.46. The van der Waals surface area contributed by atoms with Crippen molar-refractivity contribution in [2.45, 2.75) is 65.3 Å². The molecule has 0 amide bonds. The topological polar surface area (TPSA) is 3.24 Å². The first-order valence-corrected chi connectivity index (χ1v) is 6.65. The minimum absolute atomic E-state index is 0.509. The van der Waals surface area contributed by atoms with Crippen LogP contribution in [-0.4, -0.2) is 24.5 Å². The molecule has 88 valence electrons. The average molecular weight is 209 g/mol. The standard InChI is InChI=1S/C14H27N/c1-13(2,3)14(8-6-9-14)11-12-7-5-10-15(12)4/h12H,5-11H2,1-4H3. The summed E-state index contributed by atoms with van der Waals surface area (Å²) >= 11 is 0. The van der Waals surface area contributed by atoms with Gasteiger partial charge in [-0.2, -0.15) is 0 Å². The monoisotopic (exact) mass is 209 g/mol. The van der Waals surface area contributed by atoms with Gasteiger partial charge in [-0.05, 0) is 56.5 Å². The van der Waals surface area contributed by atoms with Crippen molar-refractivity contribution in [1.29, 1.82) is 0 Å². The molecule has 0 aromatic rings. The summed E-state index contributed by atoms with van der Waals surface area (Å²) < 4.78 is 0. The van der Waals surface area contributed by atoms with E-state index in [0.717, 1.165) is 6.04 Å².